The van der Waals surface area contributed by atoms with Gasteiger partial charge >= 0.3 is 6.03 Å². The molecule has 10 N–H and O–H groups in total. The molecule has 2 aliphatic rings. The summed E-state index contributed by atoms with van der Waals surface area (Å²) >= 11 is 0. The van der Waals surface area contributed by atoms with Gasteiger partial charge in [0.05, 0.1) is 12.1 Å². The van der Waals surface area contributed by atoms with Crippen LogP contribution in [0.3, 0.4) is 0 Å². The highest BCUT2D eigenvalue weighted by Gasteiger charge is 2.40. The van der Waals surface area contributed by atoms with Crippen LogP contribution in [-0.2, 0) is 35.2 Å². The first kappa shape index (κ1) is 49.1. The van der Waals surface area contributed by atoms with E-state index in [4.69, 9.17) is 5.73 Å². The molecule has 19 heteroatoms. The molecule has 0 radical (unpaired) electrons. The van der Waals surface area contributed by atoms with Gasteiger partial charge in [0.2, 0.25) is 29.5 Å². The van der Waals surface area contributed by atoms with Gasteiger partial charge in [-0.2, -0.15) is 0 Å². The third-order valence-electron chi connectivity index (χ3n) is 11.3. The second-order valence-corrected chi connectivity index (χ2v) is 16.6. The number of hydrogen-bond donors (Lipinski definition) is 9. The SMILES string of the molecule is CCC1NC(=O)C(NC(=O)c2ncccc2O)CNC(=O)C(c2ccccc2)NC(=O)C2CCCN2C(=O)C(Cc2ccccc2)NC(=O)NC(CC(C)C)C(=O)C(CCCN)NC1=O. The molecular formula is C46H60N10O9. The van der Waals surface area contributed by atoms with E-state index in [9.17, 15) is 43.5 Å². The molecule has 3 aromatic rings. The van der Waals surface area contributed by atoms with Gasteiger partial charge in [0.1, 0.15) is 36.0 Å². The lowest BCUT2D eigenvalue weighted by Gasteiger charge is -2.31. The molecule has 65 heavy (non-hydrogen) atoms. The molecule has 2 saturated heterocycles. The van der Waals surface area contributed by atoms with Crippen LogP contribution in [0.2, 0.25) is 0 Å². The van der Waals surface area contributed by atoms with Crippen LogP contribution in [0.5, 0.6) is 5.75 Å². The number of aromatic nitrogens is 1. The maximum Gasteiger partial charge on any atom is 0.316 e. The van der Waals surface area contributed by atoms with Crippen molar-refractivity contribution in [3.63, 3.8) is 0 Å². The molecule has 0 spiro atoms. The van der Waals surface area contributed by atoms with Crippen LogP contribution < -0.4 is 43.0 Å². The summed E-state index contributed by atoms with van der Waals surface area (Å²) < 4.78 is 0. The van der Waals surface area contributed by atoms with Crippen molar-refractivity contribution in [3.8, 4) is 5.75 Å². The van der Waals surface area contributed by atoms with Crippen LogP contribution >= 0.6 is 0 Å². The van der Waals surface area contributed by atoms with Gasteiger partial charge in [0, 0.05) is 25.7 Å². The Bertz CT molecular complexity index is 2160. The third-order valence-corrected chi connectivity index (χ3v) is 11.3. The molecule has 2 fully saturated rings. The lowest BCUT2D eigenvalue weighted by Crippen LogP contribution is -2.61. The summed E-state index contributed by atoms with van der Waals surface area (Å²) in [5, 5.41) is 29.2. The molecule has 0 aliphatic carbocycles. The van der Waals surface area contributed by atoms with Gasteiger partial charge in [0.25, 0.3) is 5.91 Å². The van der Waals surface area contributed by atoms with Crippen molar-refractivity contribution < 1.29 is 43.5 Å². The molecule has 348 valence electrons. The highest BCUT2D eigenvalue weighted by Crippen LogP contribution is 2.23. The third kappa shape index (κ3) is 13.6. The van der Waals surface area contributed by atoms with Crippen molar-refractivity contribution in [1.82, 2.24) is 47.1 Å². The van der Waals surface area contributed by atoms with Crippen molar-refractivity contribution in [2.24, 2.45) is 11.7 Å². The fourth-order valence-corrected chi connectivity index (χ4v) is 7.87. The van der Waals surface area contributed by atoms with Crippen LogP contribution in [0.1, 0.15) is 87.0 Å². The van der Waals surface area contributed by atoms with Crippen LogP contribution in [0, 0.1) is 5.92 Å². The summed E-state index contributed by atoms with van der Waals surface area (Å²) in [6.07, 6.45) is 2.61. The summed E-state index contributed by atoms with van der Waals surface area (Å²) in [6, 6.07) is 10.4. The summed E-state index contributed by atoms with van der Waals surface area (Å²) in [7, 11) is 0. The van der Waals surface area contributed by atoms with E-state index in [0.29, 0.717) is 18.4 Å². The van der Waals surface area contributed by atoms with Gasteiger partial charge < -0.3 is 53.0 Å². The number of nitrogens with one attached hydrogen (secondary N) is 7. The first-order valence-corrected chi connectivity index (χ1v) is 22.0. The lowest BCUT2D eigenvalue weighted by molar-refractivity contribution is -0.140. The van der Waals surface area contributed by atoms with E-state index < -0.39 is 108 Å². The highest BCUT2D eigenvalue weighted by atomic mass is 16.3. The van der Waals surface area contributed by atoms with Crippen LogP contribution in [0.25, 0.3) is 0 Å². The monoisotopic (exact) mass is 896 g/mol. The standard InChI is InChI=1S/C46H60N10O9/c1-4-30-40(59)51-31(18-11-21-47)39(58)32(24-27(2)3)53-46(65)54-33(25-28-14-7-5-8-15-28)45(64)56-23-13-19-35(56)42(61)55-37(29-16-9-6-10-17-29)43(62)49-26-34(41(60)50-30)52-44(63)38-36(57)20-12-22-48-38/h5-10,12,14-17,20,22,27,30-35,37,57H,4,11,13,18-19,21,23-26,47H2,1-3H3,(H,49,62)(H,50,60)(H,51,59)(H,52,63)(H,55,61)(H2,53,54,65). The molecule has 19 nitrogen and oxygen atoms in total. The second-order valence-electron chi connectivity index (χ2n) is 16.6. The van der Waals surface area contributed by atoms with Crippen molar-refractivity contribution >= 4 is 47.3 Å². The fraction of sp³-hybridized carbons (Fsp3) is 0.457. The minimum absolute atomic E-state index is 0.0244. The van der Waals surface area contributed by atoms with E-state index in [1.54, 1.807) is 61.5 Å². The van der Waals surface area contributed by atoms with Gasteiger partial charge in [-0.3, -0.25) is 33.6 Å². The topological polar surface area (TPSA) is 283 Å². The molecule has 5 rings (SSSR count). The molecule has 0 saturated carbocycles. The highest BCUT2D eigenvalue weighted by molar-refractivity contribution is 6.01. The number of hydrogen-bond acceptors (Lipinski definition) is 11. The van der Waals surface area contributed by atoms with Gasteiger partial charge in [-0.25, -0.2) is 9.78 Å². The van der Waals surface area contributed by atoms with Gasteiger partial charge in [-0.1, -0.05) is 81.4 Å². The molecular weight excluding hydrogens is 837 g/mol. The predicted molar refractivity (Wildman–Crippen MR) is 239 cm³/mol. The Kier molecular flexibility index (Phi) is 17.9. The number of fused-ring (bicyclic) bond motifs is 1. The molecule has 1 aromatic heterocycles. The number of Topliss-reactive ketones (excluding diaryl/α,β-unsaturated/α-hetero) is 1. The smallest absolute Gasteiger partial charge is 0.316 e. The number of rotatable bonds is 11. The van der Waals surface area contributed by atoms with Crippen molar-refractivity contribution in [1.29, 1.82) is 0 Å². The minimum atomic E-state index is -1.57. The Morgan fingerprint density at radius 2 is 1.49 bits per heavy atom. The predicted octanol–water partition coefficient (Wildman–Crippen LogP) is 0.877. The Morgan fingerprint density at radius 3 is 2.15 bits per heavy atom. The van der Waals surface area contributed by atoms with Crippen molar-refractivity contribution in [2.45, 2.75) is 108 Å². The molecule has 2 aliphatic heterocycles. The minimum Gasteiger partial charge on any atom is -0.505 e. The molecule has 3 heterocycles. The Hall–Kier alpha value is -6.89. The number of ketones is 1. The molecule has 8 amide bonds. The molecule has 0 bridgehead atoms. The zero-order chi connectivity index (χ0) is 47.0. The van der Waals surface area contributed by atoms with E-state index in [0.717, 1.165) is 5.56 Å². The van der Waals surface area contributed by atoms with E-state index in [1.807, 2.05) is 19.9 Å². The Balaban J connectivity index is 1.56. The number of amides is 8. The van der Waals surface area contributed by atoms with E-state index in [-0.39, 0.29) is 51.1 Å². The van der Waals surface area contributed by atoms with Gasteiger partial charge in [-0.05, 0) is 74.2 Å². The number of benzene rings is 2. The maximum atomic E-state index is 14.6. The molecule has 2 aromatic carbocycles. The van der Waals surface area contributed by atoms with Gasteiger partial charge in [-0.15, -0.1) is 0 Å². The van der Waals surface area contributed by atoms with E-state index >= 15 is 0 Å². The first-order chi connectivity index (χ1) is 31.2. The number of pyridine rings is 1. The molecule has 7 unspecified atom stereocenters. The summed E-state index contributed by atoms with van der Waals surface area (Å²) in [6.45, 7) is 5.13. The fourth-order valence-electron chi connectivity index (χ4n) is 7.87. The van der Waals surface area contributed by atoms with Crippen LogP contribution in [0.15, 0.2) is 79.0 Å². The Labute approximate surface area is 377 Å². The average molecular weight is 897 g/mol. The summed E-state index contributed by atoms with van der Waals surface area (Å²) in [5.41, 5.74) is 6.51. The number of carbonyl (C=O) groups excluding carboxylic acids is 8. The number of aromatic hydroxyl groups is 1. The summed E-state index contributed by atoms with van der Waals surface area (Å²) in [5.74, 6) is -5.74. The Morgan fingerprint density at radius 1 is 0.815 bits per heavy atom. The maximum absolute atomic E-state index is 14.6. The lowest BCUT2D eigenvalue weighted by atomic mass is 9.93. The largest absolute Gasteiger partial charge is 0.505 e. The van der Waals surface area contributed by atoms with Crippen LogP contribution in [-0.4, -0.2) is 118 Å². The van der Waals surface area contributed by atoms with Crippen molar-refractivity contribution in [3.05, 3.63) is 95.8 Å². The van der Waals surface area contributed by atoms with Gasteiger partial charge in [0.15, 0.2) is 11.5 Å². The number of carbonyl (C=O) groups is 8. The van der Waals surface area contributed by atoms with Crippen molar-refractivity contribution in [2.75, 3.05) is 19.6 Å². The van der Waals surface area contributed by atoms with Crippen LogP contribution in [0.4, 0.5) is 4.79 Å². The zero-order valence-corrected chi connectivity index (χ0v) is 36.9. The quantitative estimate of drug-likeness (QED) is 0.130. The average Bonchev–Trinajstić information content (AvgIpc) is 3.79. The number of nitrogens with two attached hydrogens (primary N) is 1. The molecule has 7 atom stereocenters. The first-order valence-electron chi connectivity index (χ1n) is 22.0. The van der Waals surface area contributed by atoms with E-state index in [2.05, 4.69) is 42.2 Å². The number of nitrogens with zero attached hydrogens (tertiary/aromatic N) is 2. The number of urea groups is 1. The normalized spacial score (nSPS) is 24.2. The second kappa shape index (κ2) is 23.7. The van der Waals surface area contributed by atoms with E-state index in [1.165, 1.54) is 23.2 Å². The zero-order valence-electron chi connectivity index (χ0n) is 36.9. The summed E-state index contributed by atoms with van der Waals surface area (Å²) in [4.78, 5) is 118.